The Labute approximate surface area is 335 Å². The van der Waals surface area contributed by atoms with Crippen LogP contribution in [0.5, 0.6) is 0 Å². The minimum absolute atomic E-state index is 0.0189. The topological polar surface area (TPSA) is 276 Å². The van der Waals surface area contributed by atoms with Gasteiger partial charge < -0.3 is 58.3 Å². The highest BCUT2D eigenvalue weighted by Crippen LogP contribution is 2.10. The zero-order valence-corrected chi connectivity index (χ0v) is 34.8. The number of aliphatic hydroxyl groups excluding tert-OH is 2. The molecule has 17 nitrogen and oxygen atoms in total. The highest BCUT2D eigenvalue weighted by atomic mass is 16.5. The summed E-state index contributed by atoms with van der Waals surface area (Å²) in [4.78, 5) is 69.8. The summed E-state index contributed by atoms with van der Waals surface area (Å²) in [7, 11) is 2.27. The van der Waals surface area contributed by atoms with Gasteiger partial charge in [-0.2, -0.15) is 0 Å². The Balaban J connectivity index is -0.00000201. The lowest BCUT2D eigenvalue weighted by atomic mass is 10.1. The van der Waals surface area contributed by atoms with Crippen LogP contribution in [0, 0.1) is 0 Å². The summed E-state index contributed by atoms with van der Waals surface area (Å²) in [5.74, 6) is -1.93. The molecule has 0 aliphatic rings. The highest BCUT2D eigenvalue weighted by molar-refractivity contribution is 5.87. The minimum Gasteiger partial charge on any atom is -0.469 e. The van der Waals surface area contributed by atoms with Crippen molar-refractivity contribution in [3.05, 3.63) is 23.9 Å². The van der Waals surface area contributed by atoms with E-state index in [1.807, 2.05) is 6.92 Å². The van der Waals surface area contributed by atoms with Crippen molar-refractivity contribution in [3.8, 4) is 0 Å². The molecule has 0 spiro atoms. The molecule has 0 bridgehead atoms. The van der Waals surface area contributed by atoms with E-state index in [0.717, 1.165) is 71.4 Å². The fourth-order valence-electron chi connectivity index (χ4n) is 4.76. The normalized spacial score (nSPS) is 11.8. The fraction of sp³-hybridized carbons (Fsp3) is 0.744. The lowest BCUT2D eigenvalue weighted by Crippen LogP contribution is -2.50. The molecule has 0 rings (SSSR count). The quantitative estimate of drug-likeness (QED) is 0.0259. The van der Waals surface area contributed by atoms with Gasteiger partial charge in [-0.05, 0) is 59.1 Å². The lowest BCUT2D eigenvalue weighted by molar-refractivity contribution is -0.140. The Kier molecular flexibility index (Phi) is 42.3. The molecule has 2 atom stereocenters. The first kappa shape index (κ1) is 56.3. The van der Waals surface area contributed by atoms with Crippen molar-refractivity contribution in [3.63, 3.8) is 0 Å². The second-order valence-electron chi connectivity index (χ2n) is 13.0. The van der Waals surface area contributed by atoms with Crippen LogP contribution in [0.3, 0.4) is 0 Å². The molecule has 56 heavy (non-hydrogen) atoms. The monoisotopic (exact) mass is 801 g/mol. The van der Waals surface area contributed by atoms with E-state index in [9.17, 15) is 33.9 Å². The van der Waals surface area contributed by atoms with Gasteiger partial charge in [-0.1, -0.05) is 56.3 Å². The van der Waals surface area contributed by atoms with Crippen LogP contribution in [-0.2, 0) is 33.5 Å². The summed E-state index contributed by atoms with van der Waals surface area (Å²) in [6, 6.07) is -1.44. The van der Waals surface area contributed by atoms with E-state index in [1.165, 1.54) is 12.7 Å². The molecule has 0 aromatic rings. The fourth-order valence-corrected chi connectivity index (χ4v) is 4.76. The lowest BCUT2D eigenvalue weighted by Gasteiger charge is -2.17. The standard InChI is InChI=1S/C29H55N7O8.C9H17N.CH4O/c1-44-28(42)14-10-13-26(40)36-22(21-37)15-16-33-27(41)20-35-29(43)23(30)19-32-17-18-34-25(39)12-9-7-5-3-2-4-6-8-11-24(31)38;1-4-6-7-9(3)8-10-5-2;1-2/h22-23,32,37H,2-21,30H2,1H3,(H2,31,38)(H,33,41)(H,34,39)(H,35,43)(H,36,40);4,6,8,10H,5,7H2,1-3H3;2H,1H3/b;6-4-,9-8-;. The number of amides is 5. The zero-order valence-electron chi connectivity index (χ0n) is 34.8. The molecule has 17 heteroatoms. The van der Waals surface area contributed by atoms with E-state index in [2.05, 4.69) is 68.8 Å². The molecule has 0 saturated heterocycles. The van der Waals surface area contributed by atoms with E-state index in [0.29, 0.717) is 32.4 Å². The van der Waals surface area contributed by atoms with Gasteiger partial charge in [-0.15, -0.1) is 0 Å². The van der Waals surface area contributed by atoms with Crippen LogP contribution < -0.4 is 43.4 Å². The largest absolute Gasteiger partial charge is 0.469 e. The maximum atomic E-state index is 12.1. The summed E-state index contributed by atoms with van der Waals surface area (Å²) in [5, 5.41) is 33.1. The number of hydrogen-bond acceptors (Lipinski definition) is 12. The van der Waals surface area contributed by atoms with Gasteiger partial charge in [-0.3, -0.25) is 28.8 Å². The van der Waals surface area contributed by atoms with Gasteiger partial charge in [0.15, 0.2) is 0 Å². The summed E-state index contributed by atoms with van der Waals surface area (Å²) in [5.41, 5.74) is 12.3. The Morgan fingerprint density at radius 2 is 1.36 bits per heavy atom. The second kappa shape index (κ2) is 42.1. The molecule has 0 radical (unpaired) electrons. The first-order valence-electron chi connectivity index (χ1n) is 19.9. The van der Waals surface area contributed by atoms with Crippen molar-refractivity contribution in [1.82, 2.24) is 31.9 Å². The van der Waals surface area contributed by atoms with Crippen molar-refractivity contribution >= 4 is 35.5 Å². The number of allylic oxidation sites excluding steroid dienone is 3. The third kappa shape index (κ3) is 41.1. The first-order valence-corrected chi connectivity index (χ1v) is 19.9. The maximum absolute atomic E-state index is 12.1. The van der Waals surface area contributed by atoms with Gasteiger partial charge in [0, 0.05) is 65.5 Å². The van der Waals surface area contributed by atoms with Gasteiger partial charge in [-0.25, -0.2) is 0 Å². The van der Waals surface area contributed by atoms with Crippen LogP contribution in [0.4, 0.5) is 0 Å². The minimum atomic E-state index is -0.880. The number of methoxy groups -OCH3 is 1. The summed E-state index contributed by atoms with van der Waals surface area (Å²) in [6.45, 7) is 7.87. The average Bonchev–Trinajstić information content (AvgIpc) is 3.19. The van der Waals surface area contributed by atoms with E-state index in [1.54, 1.807) is 0 Å². The highest BCUT2D eigenvalue weighted by Gasteiger charge is 2.15. The number of nitrogens with one attached hydrogen (secondary N) is 6. The predicted octanol–water partition coefficient (Wildman–Crippen LogP) is 0.923. The number of aliphatic hydroxyl groups is 2. The van der Waals surface area contributed by atoms with Crippen molar-refractivity contribution < 1.29 is 43.7 Å². The number of unbranched alkanes of at least 4 members (excludes halogenated alkanes) is 7. The van der Waals surface area contributed by atoms with Crippen molar-refractivity contribution in [2.75, 3.05) is 60.1 Å². The first-order chi connectivity index (χ1) is 26.9. The van der Waals surface area contributed by atoms with Crippen LogP contribution in [0.2, 0.25) is 0 Å². The Hall–Kier alpha value is -4.06. The SMILES string of the molecule is C/C=C\C/C(C)=C\NCC.CO.COC(=O)CCCC(=O)NC(CO)CCNC(=O)CNC(=O)C(N)CNCCNC(=O)CCCCCCCCCCC(N)=O. The summed E-state index contributed by atoms with van der Waals surface area (Å²) < 4.78 is 4.51. The number of nitrogens with two attached hydrogens (primary N) is 2. The number of primary amides is 1. The van der Waals surface area contributed by atoms with Crippen LogP contribution in [0.15, 0.2) is 23.9 Å². The molecule has 0 aromatic carbocycles. The van der Waals surface area contributed by atoms with Gasteiger partial charge >= 0.3 is 5.97 Å². The number of esters is 1. The van der Waals surface area contributed by atoms with Crippen molar-refractivity contribution in [2.24, 2.45) is 11.5 Å². The Morgan fingerprint density at radius 3 is 1.93 bits per heavy atom. The molecule has 0 saturated carbocycles. The van der Waals surface area contributed by atoms with E-state index < -0.39 is 29.9 Å². The van der Waals surface area contributed by atoms with Crippen molar-refractivity contribution in [1.29, 1.82) is 0 Å². The molecular weight excluding hydrogens is 724 g/mol. The average molecular weight is 801 g/mol. The van der Waals surface area contributed by atoms with Gasteiger partial charge in [0.1, 0.15) is 0 Å². The Bertz CT molecular complexity index is 1110. The molecule has 0 heterocycles. The molecule has 0 aromatic heterocycles. The molecule has 2 unspecified atom stereocenters. The van der Waals surface area contributed by atoms with Gasteiger partial charge in [0.05, 0.1) is 32.3 Å². The van der Waals surface area contributed by atoms with Crippen molar-refractivity contribution in [2.45, 2.75) is 129 Å². The van der Waals surface area contributed by atoms with Crippen LogP contribution in [-0.4, -0.2) is 118 Å². The predicted molar refractivity (Wildman–Crippen MR) is 220 cm³/mol. The van der Waals surface area contributed by atoms with E-state index in [4.69, 9.17) is 16.6 Å². The maximum Gasteiger partial charge on any atom is 0.305 e. The van der Waals surface area contributed by atoms with Crippen LogP contribution in [0.25, 0.3) is 0 Å². The zero-order chi connectivity index (χ0) is 42.8. The molecule has 5 amide bonds. The van der Waals surface area contributed by atoms with E-state index >= 15 is 0 Å². The molecule has 0 fully saturated rings. The number of carbonyl (C=O) groups is 6. The molecule has 0 aliphatic carbocycles. The number of rotatable bonds is 32. The molecule has 12 N–H and O–H groups in total. The third-order valence-electron chi connectivity index (χ3n) is 7.97. The number of ether oxygens (including phenoxy) is 1. The van der Waals surface area contributed by atoms with Gasteiger partial charge in [0.2, 0.25) is 29.5 Å². The molecule has 326 valence electrons. The van der Waals surface area contributed by atoms with E-state index in [-0.39, 0.29) is 63.2 Å². The molecule has 0 aliphatic heterocycles. The second-order valence-corrected chi connectivity index (χ2v) is 13.0. The summed E-state index contributed by atoms with van der Waals surface area (Å²) in [6.07, 6.45) is 17.3. The van der Waals surface area contributed by atoms with Crippen LogP contribution >= 0.6 is 0 Å². The third-order valence-corrected chi connectivity index (χ3v) is 7.97. The number of hydrogen-bond donors (Lipinski definition) is 10. The molecular formula is C39H76N8O9. The summed E-state index contributed by atoms with van der Waals surface area (Å²) >= 11 is 0. The number of carbonyl (C=O) groups excluding carboxylic acids is 6. The Morgan fingerprint density at radius 1 is 0.768 bits per heavy atom. The van der Waals surface area contributed by atoms with Crippen LogP contribution in [0.1, 0.15) is 117 Å². The smallest absolute Gasteiger partial charge is 0.305 e. The van der Waals surface area contributed by atoms with Gasteiger partial charge in [0.25, 0.3) is 0 Å².